The van der Waals surface area contributed by atoms with Gasteiger partial charge in [-0.05, 0) is 24.3 Å². The molecule has 4 aromatic rings. The van der Waals surface area contributed by atoms with Gasteiger partial charge in [0.2, 0.25) is 0 Å². The van der Waals surface area contributed by atoms with Crippen LogP contribution in [0.3, 0.4) is 0 Å². The van der Waals surface area contributed by atoms with Crippen molar-refractivity contribution in [2.75, 3.05) is 0 Å². The maximum atomic E-state index is 4.11. The first-order valence-electron chi connectivity index (χ1n) is 8.32. The number of hydrogen-bond donors (Lipinski definition) is 0. The Morgan fingerprint density at radius 1 is 0.640 bits per heavy atom. The third-order valence-corrected chi connectivity index (χ3v) is 8.34. The third-order valence-electron chi connectivity index (χ3n) is 4.78. The minimum absolute atomic E-state index is 1.14. The van der Waals surface area contributed by atoms with Crippen LogP contribution in [0.25, 0.3) is 11.4 Å². The molecular formula is C20H20N4Si. The van der Waals surface area contributed by atoms with Crippen molar-refractivity contribution in [2.45, 2.75) is 13.1 Å². The molecule has 124 valence electrons. The van der Waals surface area contributed by atoms with Crippen molar-refractivity contribution in [3.8, 4) is 11.4 Å². The molecule has 0 unspecified atom stereocenters. The molecule has 0 saturated carbocycles. The number of aromatic nitrogens is 4. The predicted octanol–water partition coefficient (Wildman–Crippen LogP) is 2.88. The molecule has 0 aliphatic carbocycles. The van der Waals surface area contributed by atoms with Crippen LogP contribution in [0, 0.1) is 0 Å². The Balaban J connectivity index is 1.62. The lowest BCUT2D eigenvalue weighted by atomic mass is 10.3. The number of imidazole rings is 2. The van der Waals surface area contributed by atoms with Gasteiger partial charge in [0, 0.05) is 36.2 Å². The topological polar surface area (TPSA) is 35.6 Å². The summed E-state index contributed by atoms with van der Waals surface area (Å²) in [5.74, 6) is 0. The van der Waals surface area contributed by atoms with Crippen LogP contribution in [-0.2, 0) is 0 Å². The Bertz CT molecular complexity index is 858. The van der Waals surface area contributed by atoms with Gasteiger partial charge in [-0.15, -0.1) is 0 Å². The molecule has 0 radical (unpaired) electrons. The van der Waals surface area contributed by atoms with E-state index in [2.05, 4.69) is 71.6 Å². The average Bonchev–Trinajstić information content (AvgIpc) is 3.36. The molecule has 0 atom stereocenters. The summed E-state index contributed by atoms with van der Waals surface area (Å²) < 4.78 is 4.05. The fraction of sp³-hybridized carbons (Fsp3) is 0.100. The number of hydrogen-bond acceptors (Lipinski definition) is 2. The van der Waals surface area contributed by atoms with Gasteiger partial charge in [-0.1, -0.05) is 47.7 Å². The Morgan fingerprint density at radius 3 is 1.36 bits per heavy atom. The highest BCUT2D eigenvalue weighted by atomic mass is 28.3. The van der Waals surface area contributed by atoms with E-state index in [9.17, 15) is 0 Å². The van der Waals surface area contributed by atoms with E-state index in [1.807, 2.05) is 34.2 Å². The summed E-state index contributed by atoms with van der Waals surface area (Å²) in [6.07, 6.45) is 11.2. The van der Waals surface area contributed by atoms with E-state index in [-0.39, 0.29) is 0 Å². The molecule has 2 aromatic carbocycles. The maximum absolute atomic E-state index is 4.11. The zero-order valence-corrected chi connectivity index (χ0v) is 15.4. The molecule has 0 amide bonds. The van der Waals surface area contributed by atoms with Gasteiger partial charge in [0.25, 0.3) is 0 Å². The third kappa shape index (κ3) is 2.94. The monoisotopic (exact) mass is 344 g/mol. The lowest BCUT2D eigenvalue weighted by Gasteiger charge is -2.24. The van der Waals surface area contributed by atoms with Crippen LogP contribution in [0.4, 0.5) is 0 Å². The van der Waals surface area contributed by atoms with Crippen LogP contribution < -0.4 is 10.4 Å². The largest absolute Gasteiger partial charge is 0.306 e. The summed E-state index contributed by atoms with van der Waals surface area (Å²) in [5.41, 5.74) is 2.28. The molecule has 0 N–H and O–H groups in total. The van der Waals surface area contributed by atoms with Gasteiger partial charge in [-0.2, -0.15) is 0 Å². The van der Waals surface area contributed by atoms with E-state index in [0.717, 1.165) is 11.4 Å². The Labute approximate surface area is 148 Å². The molecule has 2 aromatic heterocycles. The van der Waals surface area contributed by atoms with Crippen molar-refractivity contribution >= 4 is 18.4 Å². The van der Waals surface area contributed by atoms with E-state index in [1.54, 1.807) is 12.4 Å². The highest BCUT2D eigenvalue weighted by Crippen LogP contribution is 2.11. The van der Waals surface area contributed by atoms with Crippen LogP contribution in [0.15, 0.2) is 86.0 Å². The van der Waals surface area contributed by atoms with Gasteiger partial charge in [0.15, 0.2) is 0 Å². The summed E-state index contributed by atoms with van der Waals surface area (Å²) in [5, 5.41) is 2.85. The van der Waals surface area contributed by atoms with E-state index in [4.69, 9.17) is 0 Å². The van der Waals surface area contributed by atoms with Crippen LogP contribution in [-0.4, -0.2) is 27.2 Å². The molecule has 5 heteroatoms. The SMILES string of the molecule is C[Si](C)(c1ccc(-n2ccnc2)cc1)c1ccc(-n2ccnc2)cc1. The molecule has 0 aliphatic rings. The fourth-order valence-corrected chi connectivity index (χ4v) is 5.42. The smallest absolute Gasteiger partial charge is 0.112 e. The van der Waals surface area contributed by atoms with Crippen LogP contribution in [0.5, 0.6) is 0 Å². The van der Waals surface area contributed by atoms with Gasteiger partial charge in [-0.3, -0.25) is 0 Å². The molecule has 0 fully saturated rings. The molecule has 4 nitrogen and oxygen atoms in total. The first-order chi connectivity index (χ1) is 12.1. The molecule has 2 heterocycles. The lowest BCUT2D eigenvalue weighted by Crippen LogP contribution is -2.52. The molecule has 0 spiro atoms. The maximum Gasteiger partial charge on any atom is 0.112 e. The Kier molecular flexibility index (Phi) is 3.86. The van der Waals surface area contributed by atoms with E-state index >= 15 is 0 Å². The van der Waals surface area contributed by atoms with Crippen molar-refractivity contribution in [1.82, 2.24) is 19.1 Å². The van der Waals surface area contributed by atoms with Gasteiger partial charge < -0.3 is 9.13 Å². The highest BCUT2D eigenvalue weighted by Gasteiger charge is 2.25. The quantitative estimate of drug-likeness (QED) is 0.534. The number of nitrogens with zero attached hydrogens (tertiary/aromatic N) is 4. The van der Waals surface area contributed by atoms with E-state index in [0.29, 0.717) is 0 Å². The van der Waals surface area contributed by atoms with Gasteiger partial charge in [0.05, 0.1) is 12.7 Å². The average molecular weight is 344 g/mol. The minimum Gasteiger partial charge on any atom is -0.306 e. The molecule has 0 aliphatic heterocycles. The molecule has 0 saturated heterocycles. The van der Waals surface area contributed by atoms with Crippen LogP contribution >= 0.6 is 0 Å². The van der Waals surface area contributed by atoms with E-state index in [1.165, 1.54) is 10.4 Å². The second-order valence-electron chi connectivity index (χ2n) is 6.66. The molecule has 0 bridgehead atoms. The number of rotatable bonds is 4. The highest BCUT2D eigenvalue weighted by molar-refractivity contribution is 7.00. The van der Waals surface area contributed by atoms with Gasteiger partial charge in [-0.25, -0.2) is 9.97 Å². The van der Waals surface area contributed by atoms with Gasteiger partial charge in [0.1, 0.15) is 8.07 Å². The summed E-state index contributed by atoms with van der Waals surface area (Å²) >= 11 is 0. The lowest BCUT2D eigenvalue weighted by molar-refractivity contribution is 1.06. The summed E-state index contributed by atoms with van der Waals surface area (Å²) in [4.78, 5) is 8.22. The first-order valence-corrected chi connectivity index (χ1v) is 11.3. The fourth-order valence-electron chi connectivity index (χ4n) is 3.09. The second kappa shape index (κ2) is 6.18. The van der Waals surface area contributed by atoms with Crippen molar-refractivity contribution in [1.29, 1.82) is 0 Å². The van der Waals surface area contributed by atoms with Gasteiger partial charge >= 0.3 is 0 Å². The van der Waals surface area contributed by atoms with Crippen LogP contribution in [0.1, 0.15) is 0 Å². The van der Waals surface area contributed by atoms with E-state index < -0.39 is 8.07 Å². The second-order valence-corrected chi connectivity index (χ2v) is 11.1. The molecule has 25 heavy (non-hydrogen) atoms. The molecular weight excluding hydrogens is 324 g/mol. The van der Waals surface area contributed by atoms with Crippen LogP contribution in [0.2, 0.25) is 13.1 Å². The number of benzene rings is 2. The van der Waals surface area contributed by atoms with Crippen molar-refractivity contribution < 1.29 is 0 Å². The minimum atomic E-state index is -1.72. The Morgan fingerprint density at radius 2 is 1.04 bits per heavy atom. The summed E-state index contributed by atoms with van der Waals surface area (Å²) in [6, 6.07) is 17.7. The summed E-state index contributed by atoms with van der Waals surface area (Å²) in [6.45, 7) is 4.79. The Hall–Kier alpha value is -2.92. The molecule has 4 rings (SSSR count). The first kappa shape index (κ1) is 15.6. The van der Waals surface area contributed by atoms with Crippen molar-refractivity contribution in [3.05, 3.63) is 86.0 Å². The van der Waals surface area contributed by atoms with Crippen molar-refractivity contribution in [3.63, 3.8) is 0 Å². The zero-order chi connectivity index (χ0) is 17.3. The van der Waals surface area contributed by atoms with Crippen molar-refractivity contribution in [2.24, 2.45) is 0 Å². The normalized spacial score (nSPS) is 11.6. The standard InChI is InChI=1S/C20H20N4Si/c1-25(2,19-7-3-17(4-8-19)23-13-11-21-15-23)20-9-5-18(6-10-20)24-14-12-22-16-24/h3-16H,1-2H3. The zero-order valence-electron chi connectivity index (χ0n) is 14.4. The predicted molar refractivity (Wildman–Crippen MR) is 104 cm³/mol. The summed E-state index contributed by atoms with van der Waals surface area (Å²) in [7, 11) is -1.72.